The standard InChI is InChI=1S/C17H18ClN3O3/c1-3-6-24-15-8-12-13(9-14(15)22-2)20-17(18)21-16(12)19-10-11-5-4-7-23-11/h4-5,7-9H,3,6,10H2,1-2H3,(H,19,20,21). The summed E-state index contributed by atoms with van der Waals surface area (Å²) in [5.41, 5.74) is 0.678. The molecule has 1 aromatic carbocycles. The molecule has 3 aromatic rings. The summed E-state index contributed by atoms with van der Waals surface area (Å²) >= 11 is 6.05. The number of nitrogens with one attached hydrogen (secondary N) is 1. The highest BCUT2D eigenvalue weighted by molar-refractivity contribution is 6.28. The topological polar surface area (TPSA) is 69.4 Å². The van der Waals surface area contributed by atoms with Gasteiger partial charge >= 0.3 is 0 Å². The summed E-state index contributed by atoms with van der Waals surface area (Å²) in [7, 11) is 1.60. The van der Waals surface area contributed by atoms with E-state index in [1.165, 1.54) is 0 Å². The number of hydrogen-bond donors (Lipinski definition) is 1. The van der Waals surface area contributed by atoms with Crippen LogP contribution in [0.3, 0.4) is 0 Å². The van der Waals surface area contributed by atoms with Crippen LogP contribution in [0.4, 0.5) is 5.82 Å². The van der Waals surface area contributed by atoms with Crippen molar-refractivity contribution in [1.29, 1.82) is 0 Å². The van der Waals surface area contributed by atoms with Gasteiger partial charge in [-0.15, -0.1) is 0 Å². The molecule has 0 radical (unpaired) electrons. The number of rotatable bonds is 7. The van der Waals surface area contributed by atoms with Gasteiger partial charge in [-0.3, -0.25) is 0 Å². The predicted octanol–water partition coefficient (Wildman–Crippen LogP) is 4.29. The van der Waals surface area contributed by atoms with Crippen molar-refractivity contribution in [2.45, 2.75) is 19.9 Å². The second-order valence-corrected chi connectivity index (χ2v) is 5.48. The van der Waals surface area contributed by atoms with Crippen LogP contribution in [-0.4, -0.2) is 23.7 Å². The van der Waals surface area contributed by atoms with Crippen LogP contribution in [0.25, 0.3) is 10.9 Å². The minimum atomic E-state index is 0.161. The second kappa shape index (κ2) is 7.40. The first-order valence-corrected chi connectivity index (χ1v) is 8.03. The molecular weight excluding hydrogens is 330 g/mol. The lowest BCUT2D eigenvalue weighted by Crippen LogP contribution is -2.04. The molecule has 1 N–H and O–H groups in total. The van der Waals surface area contributed by atoms with Gasteiger partial charge in [0.1, 0.15) is 11.6 Å². The second-order valence-electron chi connectivity index (χ2n) is 5.14. The summed E-state index contributed by atoms with van der Waals surface area (Å²) in [5.74, 6) is 2.68. The molecule has 0 spiro atoms. The number of anilines is 1. The third-order valence-electron chi connectivity index (χ3n) is 3.43. The van der Waals surface area contributed by atoms with Crippen molar-refractivity contribution in [2.75, 3.05) is 19.0 Å². The lowest BCUT2D eigenvalue weighted by atomic mass is 10.2. The van der Waals surface area contributed by atoms with Crippen LogP contribution < -0.4 is 14.8 Å². The number of halogens is 1. The number of fused-ring (bicyclic) bond motifs is 1. The van der Waals surface area contributed by atoms with E-state index in [1.807, 2.05) is 25.1 Å². The van der Waals surface area contributed by atoms with E-state index >= 15 is 0 Å². The fraction of sp³-hybridized carbons (Fsp3) is 0.294. The van der Waals surface area contributed by atoms with E-state index in [9.17, 15) is 0 Å². The maximum atomic E-state index is 6.05. The van der Waals surface area contributed by atoms with Gasteiger partial charge in [0.15, 0.2) is 11.5 Å². The molecule has 0 bridgehead atoms. The zero-order valence-electron chi connectivity index (χ0n) is 13.5. The minimum Gasteiger partial charge on any atom is -0.493 e. The zero-order valence-corrected chi connectivity index (χ0v) is 14.3. The summed E-state index contributed by atoms with van der Waals surface area (Å²) < 4.78 is 16.5. The van der Waals surface area contributed by atoms with Crippen LogP contribution in [0.2, 0.25) is 5.28 Å². The molecule has 0 fully saturated rings. The number of nitrogens with zero attached hydrogens (tertiary/aromatic N) is 2. The van der Waals surface area contributed by atoms with Crippen molar-refractivity contribution in [1.82, 2.24) is 9.97 Å². The van der Waals surface area contributed by atoms with Crippen LogP contribution >= 0.6 is 11.6 Å². The van der Waals surface area contributed by atoms with Crippen molar-refractivity contribution in [3.05, 3.63) is 41.6 Å². The third kappa shape index (κ3) is 3.54. The van der Waals surface area contributed by atoms with Crippen LogP contribution in [0.1, 0.15) is 19.1 Å². The fourth-order valence-electron chi connectivity index (χ4n) is 2.31. The molecule has 6 nitrogen and oxygen atoms in total. The van der Waals surface area contributed by atoms with E-state index in [1.54, 1.807) is 19.4 Å². The molecular formula is C17H18ClN3O3. The van der Waals surface area contributed by atoms with Crippen LogP contribution in [-0.2, 0) is 6.54 Å². The minimum absolute atomic E-state index is 0.161. The van der Waals surface area contributed by atoms with Crippen molar-refractivity contribution in [3.63, 3.8) is 0 Å². The van der Waals surface area contributed by atoms with Gasteiger partial charge in [-0.05, 0) is 36.2 Å². The summed E-state index contributed by atoms with van der Waals surface area (Å²) in [5, 5.41) is 4.19. The maximum absolute atomic E-state index is 6.05. The van der Waals surface area contributed by atoms with Crippen LogP contribution in [0, 0.1) is 0 Å². The molecule has 2 aromatic heterocycles. The van der Waals surface area contributed by atoms with E-state index in [-0.39, 0.29) is 5.28 Å². The number of ether oxygens (including phenoxy) is 2. The molecule has 24 heavy (non-hydrogen) atoms. The van der Waals surface area contributed by atoms with E-state index in [4.69, 9.17) is 25.5 Å². The van der Waals surface area contributed by atoms with E-state index < -0.39 is 0 Å². The van der Waals surface area contributed by atoms with Crippen molar-refractivity contribution in [3.8, 4) is 11.5 Å². The molecule has 0 atom stereocenters. The summed E-state index contributed by atoms with van der Waals surface area (Å²) in [6.07, 6.45) is 2.53. The lowest BCUT2D eigenvalue weighted by molar-refractivity contribution is 0.295. The number of furan rings is 1. The Balaban J connectivity index is 1.99. The summed E-state index contributed by atoms with van der Waals surface area (Å²) in [6, 6.07) is 7.39. The Kier molecular flexibility index (Phi) is 5.05. The average Bonchev–Trinajstić information content (AvgIpc) is 3.10. The van der Waals surface area contributed by atoms with E-state index in [0.29, 0.717) is 36.0 Å². The quantitative estimate of drug-likeness (QED) is 0.643. The van der Waals surface area contributed by atoms with Crippen molar-refractivity contribution < 1.29 is 13.9 Å². The van der Waals surface area contributed by atoms with Gasteiger partial charge in [-0.25, -0.2) is 9.97 Å². The van der Waals surface area contributed by atoms with E-state index in [2.05, 4.69) is 15.3 Å². The Hall–Kier alpha value is -2.47. The number of hydrogen-bond acceptors (Lipinski definition) is 6. The molecule has 0 unspecified atom stereocenters. The molecule has 0 aliphatic heterocycles. The Morgan fingerprint density at radius 2 is 2.12 bits per heavy atom. The molecule has 2 heterocycles. The highest BCUT2D eigenvalue weighted by Gasteiger charge is 2.13. The highest BCUT2D eigenvalue weighted by atomic mass is 35.5. The normalized spacial score (nSPS) is 10.8. The summed E-state index contributed by atoms with van der Waals surface area (Å²) in [6.45, 7) is 3.14. The van der Waals surface area contributed by atoms with Crippen molar-refractivity contribution >= 4 is 28.3 Å². The van der Waals surface area contributed by atoms with Crippen LogP contribution in [0.5, 0.6) is 11.5 Å². The van der Waals surface area contributed by atoms with Gasteiger partial charge < -0.3 is 19.2 Å². The highest BCUT2D eigenvalue weighted by Crippen LogP contribution is 2.35. The molecule has 0 amide bonds. The molecule has 0 aliphatic rings. The summed E-state index contributed by atoms with van der Waals surface area (Å²) in [4.78, 5) is 8.55. The molecule has 0 aliphatic carbocycles. The average molecular weight is 348 g/mol. The van der Waals surface area contributed by atoms with Crippen molar-refractivity contribution in [2.24, 2.45) is 0 Å². The lowest BCUT2D eigenvalue weighted by Gasteiger charge is -2.13. The SMILES string of the molecule is CCCOc1cc2c(NCc3ccco3)nc(Cl)nc2cc1OC. The van der Waals surface area contributed by atoms with Gasteiger partial charge in [0, 0.05) is 11.5 Å². The third-order valence-corrected chi connectivity index (χ3v) is 3.59. The molecule has 0 saturated heterocycles. The maximum Gasteiger partial charge on any atom is 0.224 e. The predicted molar refractivity (Wildman–Crippen MR) is 92.9 cm³/mol. The number of aromatic nitrogens is 2. The van der Waals surface area contributed by atoms with Gasteiger partial charge in [-0.1, -0.05) is 6.92 Å². The molecule has 3 rings (SSSR count). The Morgan fingerprint density at radius 3 is 2.83 bits per heavy atom. The zero-order chi connectivity index (χ0) is 16.9. The molecule has 7 heteroatoms. The number of methoxy groups -OCH3 is 1. The van der Waals surface area contributed by atoms with Crippen LogP contribution in [0.15, 0.2) is 34.9 Å². The fourth-order valence-corrected chi connectivity index (χ4v) is 2.49. The first-order chi connectivity index (χ1) is 11.7. The molecule has 0 saturated carbocycles. The Bertz CT molecular complexity index is 822. The Morgan fingerprint density at radius 1 is 1.25 bits per heavy atom. The van der Waals surface area contributed by atoms with Gasteiger partial charge in [0.25, 0.3) is 0 Å². The van der Waals surface area contributed by atoms with Gasteiger partial charge in [0.05, 0.1) is 32.0 Å². The monoisotopic (exact) mass is 347 g/mol. The van der Waals surface area contributed by atoms with E-state index in [0.717, 1.165) is 17.6 Å². The Labute approximate surface area is 144 Å². The smallest absolute Gasteiger partial charge is 0.224 e. The molecule has 126 valence electrons. The first kappa shape index (κ1) is 16.4. The van der Waals surface area contributed by atoms with Gasteiger partial charge in [-0.2, -0.15) is 0 Å². The first-order valence-electron chi connectivity index (χ1n) is 7.65. The van der Waals surface area contributed by atoms with Gasteiger partial charge in [0.2, 0.25) is 5.28 Å². The largest absolute Gasteiger partial charge is 0.493 e. The number of benzene rings is 1.